The molecule has 0 amide bonds. The van der Waals surface area contributed by atoms with Crippen LogP contribution in [0.25, 0.3) is 0 Å². The largest absolute Gasteiger partial charge is 0.390 e. The van der Waals surface area contributed by atoms with Crippen LogP contribution in [0.3, 0.4) is 0 Å². The molecule has 2 heterocycles. The molecule has 1 aromatic carbocycles. The summed E-state index contributed by atoms with van der Waals surface area (Å²) in [6.45, 7) is 11.4. The highest BCUT2D eigenvalue weighted by atomic mass is 16.7. The highest BCUT2D eigenvalue weighted by Gasteiger charge is 2.69. The molecule has 4 aliphatic carbocycles. The quantitative estimate of drug-likeness (QED) is 0.465. The molecule has 7 rings (SSSR count). The molecule has 4 saturated carbocycles. The maximum atomic E-state index is 11.1. The fourth-order valence-corrected chi connectivity index (χ4v) is 11.2. The Kier molecular flexibility index (Phi) is 6.36. The van der Waals surface area contributed by atoms with Crippen molar-refractivity contribution in [1.82, 2.24) is 0 Å². The first-order valence-electron chi connectivity index (χ1n) is 15.9. The molecular weight excluding hydrogens is 472 g/mol. The van der Waals surface area contributed by atoms with Crippen LogP contribution in [0, 0.1) is 52.3 Å². The normalized spacial score (nSPS) is 53.7. The molecule has 13 atom stereocenters. The van der Waals surface area contributed by atoms with Crippen LogP contribution in [0.1, 0.15) is 91.0 Å². The first-order valence-corrected chi connectivity index (χ1v) is 15.9. The summed E-state index contributed by atoms with van der Waals surface area (Å²) in [5, 5.41) is 11.1. The minimum atomic E-state index is -0.336. The zero-order chi connectivity index (χ0) is 26.3. The zero-order valence-corrected chi connectivity index (χ0v) is 24.1. The Bertz CT molecular complexity index is 1000. The highest BCUT2D eigenvalue weighted by molar-refractivity contribution is 5.16. The van der Waals surface area contributed by atoms with Gasteiger partial charge in [-0.3, -0.25) is 0 Å². The Balaban J connectivity index is 1.09. The summed E-state index contributed by atoms with van der Waals surface area (Å²) >= 11 is 0. The van der Waals surface area contributed by atoms with E-state index in [1.165, 1.54) is 44.1 Å². The van der Waals surface area contributed by atoms with Gasteiger partial charge in [0.25, 0.3) is 0 Å². The third kappa shape index (κ3) is 3.83. The summed E-state index contributed by atoms with van der Waals surface area (Å²) in [5.41, 5.74) is 1.82. The summed E-state index contributed by atoms with van der Waals surface area (Å²) in [4.78, 5) is 0. The first kappa shape index (κ1) is 26.0. The second-order valence-electron chi connectivity index (χ2n) is 15.0. The molecule has 2 saturated heterocycles. The Hall–Kier alpha value is -0.940. The maximum Gasteiger partial charge on any atom is 0.171 e. The van der Waals surface area contributed by atoms with Gasteiger partial charge >= 0.3 is 0 Å². The SMILES string of the molecule is C[C@@H]1CC[C@@]2(OC1)O[C@H]1C[C@H]3[C@@H]4CC[C@H]5C[C@H](O)[C@H](OCc6ccccc6)C[C@]5(C)[C@H]4CC[C@]3(C)[C@H]1[C@@H]2C. The van der Waals surface area contributed by atoms with Crippen LogP contribution in [-0.4, -0.2) is 35.8 Å². The standard InChI is InChI=1S/C34H50O4/c1-21-12-15-34(37-19-21)22(2)31-29(38-34)17-27-25-11-10-24-16-28(35)30(36-20-23-8-6-5-7-9-23)18-33(24,4)26(25)13-14-32(27,31)3/h5-9,21-22,24-31,35H,10-20H2,1-4H3/t21-,22+,24+,25-,26+,27+,28+,29+,30-,31+,32+,33+,34-/m1/s1. The monoisotopic (exact) mass is 522 g/mol. The van der Waals surface area contributed by atoms with Crippen molar-refractivity contribution >= 4 is 0 Å². The number of ether oxygens (including phenoxy) is 3. The van der Waals surface area contributed by atoms with Crippen molar-refractivity contribution in [3.05, 3.63) is 35.9 Å². The van der Waals surface area contributed by atoms with Crippen LogP contribution in [0.2, 0.25) is 0 Å². The predicted molar refractivity (Wildman–Crippen MR) is 148 cm³/mol. The number of benzene rings is 1. The second kappa shape index (κ2) is 9.29. The minimum absolute atomic E-state index is 0.0551. The van der Waals surface area contributed by atoms with E-state index in [9.17, 15) is 5.11 Å². The van der Waals surface area contributed by atoms with E-state index < -0.39 is 0 Å². The molecule has 6 fully saturated rings. The molecule has 2 aliphatic heterocycles. The van der Waals surface area contributed by atoms with E-state index >= 15 is 0 Å². The molecule has 0 aromatic heterocycles. The van der Waals surface area contributed by atoms with E-state index in [4.69, 9.17) is 14.2 Å². The highest BCUT2D eigenvalue weighted by Crippen LogP contribution is 2.71. The molecule has 0 radical (unpaired) electrons. The van der Waals surface area contributed by atoms with Crippen molar-refractivity contribution in [2.75, 3.05) is 6.61 Å². The molecule has 1 N–H and O–H groups in total. The number of aliphatic hydroxyl groups is 1. The topological polar surface area (TPSA) is 47.9 Å². The third-order valence-electron chi connectivity index (χ3n) is 13.2. The van der Waals surface area contributed by atoms with Crippen LogP contribution in [-0.2, 0) is 20.8 Å². The summed E-state index contributed by atoms with van der Waals surface area (Å²) < 4.78 is 19.9. The number of hydrogen-bond acceptors (Lipinski definition) is 4. The molecule has 1 spiro atoms. The van der Waals surface area contributed by atoms with Gasteiger partial charge in [-0.2, -0.15) is 0 Å². The van der Waals surface area contributed by atoms with Crippen LogP contribution in [0.5, 0.6) is 0 Å². The first-order chi connectivity index (χ1) is 18.2. The second-order valence-corrected chi connectivity index (χ2v) is 15.0. The van der Waals surface area contributed by atoms with Crippen LogP contribution < -0.4 is 0 Å². The average Bonchev–Trinajstić information content (AvgIpc) is 3.35. The number of rotatable bonds is 3. The van der Waals surface area contributed by atoms with Crippen LogP contribution >= 0.6 is 0 Å². The lowest BCUT2D eigenvalue weighted by Gasteiger charge is -2.62. The van der Waals surface area contributed by atoms with Gasteiger partial charge in [0.2, 0.25) is 0 Å². The van der Waals surface area contributed by atoms with Gasteiger partial charge in [-0.05, 0) is 103 Å². The lowest BCUT2D eigenvalue weighted by molar-refractivity contribution is -0.273. The van der Waals surface area contributed by atoms with E-state index in [0.717, 1.165) is 43.6 Å². The molecule has 38 heavy (non-hydrogen) atoms. The summed E-state index contributed by atoms with van der Waals surface area (Å²) in [6.07, 6.45) is 10.7. The maximum absolute atomic E-state index is 11.1. The van der Waals surface area contributed by atoms with Crippen LogP contribution in [0.15, 0.2) is 30.3 Å². The van der Waals surface area contributed by atoms with Gasteiger partial charge < -0.3 is 19.3 Å². The number of hydrogen-bond donors (Lipinski definition) is 1. The molecule has 210 valence electrons. The van der Waals surface area contributed by atoms with Gasteiger partial charge in [-0.1, -0.05) is 58.0 Å². The van der Waals surface area contributed by atoms with Crippen molar-refractivity contribution in [2.24, 2.45) is 52.3 Å². The Morgan fingerprint density at radius 3 is 2.53 bits per heavy atom. The van der Waals surface area contributed by atoms with Crippen molar-refractivity contribution in [3.63, 3.8) is 0 Å². The van der Waals surface area contributed by atoms with Gasteiger partial charge in [-0.25, -0.2) is 0 Å². The molecule has 4 heteroatoms. The Labute approximate surface area is 230 Å². The van der Waals surface area contributed by atoms with Crippen molar-refractivity contribution in [3.8, 4) is 0 Å². The van der Waals surface area contributed by atoms with E-state index in [0.29, 0.717) is 41.8 Å². The fourth-order valence-electron chi connectivity index (χ4n) is 11.2. The average molecular weight is 523 g/mol. The third-order valence-corrected chi connectivity index (χ3v) is 13.2. The Morgan fingerprint density at radius 2 is 1.76 bits per heavy atom. The molecule has 0 unspecified atom stereocenters. The van der Waals surface area contributed by atoms with Crippen molar-refractivity contribution in [1.29, 1.82) is 0 Å². The number of aliphatic hydroxyl groups excluding tert-OH is 1. The van der Waals surface area contributed by atoms with E-state index in [2.05, 4.69) is 58.0 Å². The minimum Gasteiger partial charge on any atom is -0.390 e. The zero-order valence-electron chi connectivity index (χ0n) is 24.1. The van der Waals surface area contributed by atoms with E-state index in [1.54, 1.807) is 0 Å². The van der Waals surface area contributed by atoms with Gasteiger partial charge in [0.1, 0.15) is 0 Å². The van der Waals surface area contributed by atoms with Gasteiger partial charge in [0, 0.05) is 12.3 Å². The number of fused-ring (bicyclic) bond motifs is 7. The summed E-state index contributed by atoms with van der Waals surface area (Å²) in [5.74, 6) is 4.35. The summed E-state index contributed by atoms with van der Waals surface area (Å²) in [7, 11) is 0. The van der Waals surface area contributed by atoms with Gasteiger partial charge in [0.05, 0.1) is 31.5 Å². The van der Waals surface area contributed by atoms with Crippen LogP contribution in [0.4, 0.5) is 0 Å². The van der Waals surface area contributed by atoms with Crippen molar-refractivity contribution < 1.29 is 19.3 Å². The molecule has 6 aliphatic rings. The lowest BCUT2D eigenvalue weighted by Crippen LogP contribution is -2.57. The van der Waals surface area contributed by atoms with Gasteiger partial charge in [0.15, 0.2) is 5.79 Å². The Morgan fingerprint density at radius 1 is 0.947 bits per heavy atom. The lowest BCUT2D eigenvalue weighted by atomic mass is 9.44. The predicted octanol–water partition coefficient (Wildman–Crippen LogP) is 6.99. The van der Waals surface area contributed by atoms with Crippen molar-refractivity contribution in [2.45, 2.75) is 116 Å². The van der Waals surface area contributed by atoms with Gasteiger partial charge in [-0.15, -0.1) is 0 Å². The fraction of sp³-hybridized carbons (Fsp3) is 0.824. The van der Waals surface area contributed by atoms with E-state index in [-0.39, 0.29) is 23.4 Å². The smallest absolute Gasteiger partial charge is 0.171 e. The molecular formula is C34H50O4. The van der Waals surface area contributed by atoms with E-state index in [1.807, 2.05) is 0 Å². The molecule has 1 aromatic rings. The molecule has 4 nitrogen and oxygen atoms in total. The summed E-state index contributed by atoms with van der Waals surface area (Å²) in [6, 6.07) is 10.4. The molecule has 0 bridgehead atoms.